The van der Waals surface area contributed by atoms with Gasteiger partial charge in [-0.15, -0.1) is 0 Å². The minimum Gasteiger partial charge on any atom is -0.370 e. The molecule has 0 aromatic heterocycles. The SMILES string of the molecule is C=C(C)CN=C(N)NCCC1CCCCC1. The predicted octanol–water partition coefficient (Wildman–Crippen LogP) is 2.44. The van der Waals surface area contributed by atoms with E-state index >= 15 is 0 Å². The summed E-state index contributed by atoms with van der Waals surface area (Å²) in [5, 5.41) is 3.17. The first kappa shape index (κ1) is 13.1. The molecule has 1 saturated carbocycles. The van der Waals surface area contributed by atoms with Crippen LogP contribution in [0.2, 0.25) is 0 Å². The van der Waals surface area contributed by atoms with Gasteiger partial charge in [-0.05, 0) is 19.3 Å². The van der Waals surface area contributed by atoms with Crippen molar-refractivity contribution < 1.29 is 0 Å². The highest BCUT2D eigenvalue weighted by Gasteiger charge is 2.12. The molecule has 0 bridgehead atoms. The van der Waals surface area contributed by atoms with Gasteiger partial charge in [-0.25, -0.2) is 4.99 Å². The Morgan fingerprint density at radius 1 is 1.38 bits per heavy atom. The lowest BCUT2D eigenvalue weighted by Crippen LogP contribution is -2.33. The van der Waals surface area contributed by atoms with Gasteiger partial charge in [-0.1, -0.05) is 44.3 Å². The Balaban J connectivity index is 2.09. The van der Waals surface area contributed by atoms with Crippen LogP contribution in [-0.4, -0.2) is 19.0 Å². The third-order valence-electron chi connectivity index (χ3n) is 3.10. The molecule has 0 atom stereocenters. The molecule has 0 spiro atoms. The standard InChI is InChI=1S/C13H25N3/c1-11(2)10-16-13(14)15-9-8-12-6-4-3-5-7-12/h12H,1,3-10H2,2H3,(H3,14,15,16). The maximum Gasteiger partial charge on any atom is 0.188 e. The molecule has 1 fully saturated rings. The van der Waals surface area contributed by atoms with Crippen molar-refractivity contribution in [1.82, 2.24) is 5.32 Å². The Hall–Kier alpha value is -0.990. The van der Waals surface area contributed by atoms with Crippen LogP contribution in [0.5, 0.6) is 0 Å². The fourth-order valence-electron chi connectivity index (χ4n) is 2.16. The molecule has 0 amide bonds. The van der Waals surface area contributed by atoms with Crippen molar-refractivity contribution in [1.29, 1.82) is 0 Å². The smallest absolute Gasteiger partial charge is 0.188 e. The third kappa shape index (κ3) is 5.79. The minimum atomic E-state index is 0.554. The first-order chi connectivity index (χ1) is 7.68. The van der Waals surface area contributed by atoms with Crippen molar-refractivity contribution in [3.63, 3.8) is 0 Å². The van der Waals surface area contributed by atoms with E-state index in [0.29, 0.717) is 12.5 Å². The summed E-state index contributed by atoms with van der Waals surface area (Å²) in [6, 6.07) is 0. The summed E-state index contributed by atoms with van der Waals surface area (Å²) in [6.07, 6.45) is 8.25. The molecule has 0 aliphatic heterocycles. The van der Waals surface area contributed by atoms with E-state index in [2.05, 4.69) is 16.9 Å². The highest BCUT2D eigenvalue weighted by Crippen LogP contribution is 2.25. The second-order valence-corrected chi connectivity index (χ2v) is 4.88. The number of hydrogen-bond acceptors (Lipinski definition) is 1. The van der Waals surface area contributed by atoms with Crippen molar-refractivity contribution >= 4 is 5.96 Å². The van der Waals surface area contributed by atoms with Gasteiger partial charge in [0.2, 0.25) is 0 Å². The van der Waals surface area contributed by atoms with Gasteiger partial charge < -0.3 is 11.1 Å². The first-order valence-electron chi connectivity index (χ1n) is 6.36. The fourth-order valence-corrected chi connectivity index (χ4v) is 2.16. The van der Waals surface area contributed by atoms with Crippen LogP contribution in [0.15, 0.2) is 17.1 Å². The monoisotopic (exact) mass is 223 g/mol. The molecule has 0 heterocycles. The van der Waals surface area contributed by atoms with E-state index in [-0.39, 0.29) is 0 Å². The Bertz CT molecular complexity index is 240. The number of nitrogens with two attached hydrogens (primary N) is 1. The molecule has 0 aromatic carbocycles. The molecule has 92 valence electrons. The molecular formula is C13H25N3. The van der Waals surface area contributed by atoms with Gasteiger partial charge in [0.1, 0.15) is 0 Å². The average Bonchev–Trinajstić information content (AvgIpc) is 2.28. The second kappa shape index (κ2) is 7.31. The molecule has 3 nitrogen and oxygen atoms in total. The van der Waals surface area contributed by atoms with Gasteiger partial charge in [0, 0.05) is 6.54 Å². The first-order valence-corrected chi connectivity index (χ1v) is 6.36. The maximum absolute atomic E-state index is 5.74. The molecule has 0 aromatic rings. The number of hydrogen-bond donors (Lipinski definition) is 2. The van der Waals surface area contributed by atoms with Crippen LogP contribution in [0, 0.1) is 5.92 Å². The second-order valence-electron chi connectivity index (χ2n) is 4.88. The van der Waals surface area contributed by atoms with Crippen LogP contribution in [0.4, 0.5) is 0 Å². The Morgan fingerprint density at radius 3 is 2.69 bits per heavy atom. The summed E-state index contributed by atoms with van der Waals surface area (Å²) in [4.78, 5) is 4.19. The van der Waals surface area contributed by atoms with Crippen molar-refractivity contribution in [2.45, 2.75) is 45.4 Å². The predicted molar refractivity (Wildman–Crippen MR) is 70.5 cm³/mol. The van der Waals surface area contributed by atoms with Crippen LogP contribution >= 0.6 is 0 Å². The summed E-state index contributed by atoms with van der Waals surface area (Å²) in [5.41, 5.74) is 6.77. The molecule has 0 saturated heterocycles. The van der Waals surface area contributed by atoms with Gasteiger partial charge in [-0.2, -0.15) is 0 Å². The van der Waals surface area contributed by atoms with E-state index in [0.717, 1.165) is 18.0 Å². The lowest BCUT2D eigenvalue weighted by atomic mass is 9.87. The summed E-state index contributed by atoms with van der Waals surface area (Å²) in [7, 11) is 0. The molecule has 0 unspecified atom stereocenters. The quantitative estimate of drug-likeness (QED) is 0.427. The van der Waals surface area contributed by atoms with E-state index in [4.69, 9.17) is 5.73 Å². The van der Waals surface area contributed by atoms with Gasteiger partial charge in [0.05, 0.1) is 6.54 Å². The van der Waals surface area contributed by atoms with Crippen LogP contribution in [-0.2, 0) is 0 Å². The summed E-state index contributed by atoms with van der Waals surface area (Å²) in [6.45, 7) is 7.33. The zero-order chi connectivity index (χ0) is 11.8. The van der Waals surface area contributed by atoms with E-state index in [1.165, 1.54) is 38.5 Å². The van der Waals surface area contributed by atoms with Crippen molar-refractivity contribution in [2.75, 3.05) is 13.1 Å². The van der Waals surface area contributed by atoms with Crippen LogP contribution in [0.3, 0.4) is 0 Å². The zero-order valence-electron chi connectivity index (χ0n) is 10.5. The molecular weight excluding hydrogens is 198 g/mol. The van der Waals surface area contributed by atoms with Crippen molar-refractivity contribution in [3.05, 3.63) is 12.2 Å². The normalized spacial score (nSPS) is 18.4. The lowest BCUT2D eigenvalue weighted by Gasteiger charge is -2.21. The topological polar surface area (TPSA) is 50.4 Å². The average molecular weight is 223 g/mol. The molecule has 16 heavy (non-hydrogen) atoms. The third-order valence-corrected chi connectivity index (χ3v) is 3.10. The van der Waals surface area contributed by atoms with Gasteiger partial charge >= 0.3 is 0 Å². The Labute approximate surface area is 99.2 Å². The number of rotatable bonds is 5. The molecule has 3 heteroatoms. The van der Waals surface area contributed by atoms with Crippen LogP contribution in [0.1, 0.15) is 45.4 Å². The molecule has 3 N–H and O–H groups in total. The molecule has 1 rings (SSSR count). The van der Waals surface area contributed by atoms with Gasteiger partial charge in [-0.3, -0.25) is 0 Å². The van der Waals surface area contributed by atoms with Crippen molar-refractivity contribution in [3.8, 4) is 0 Å². The molecule has 0 radical (unpaired) electrons. The van der Waals surface area contributed by atoms with E-state index in [1.807, 2.05) is 6.92 Å². The minimum absolute atomic E-state index is 0.554. The number of guanidine groups is 1. The lowest BCUT2D eigenvalue weighted by molar-refractivity contribution is 0.339. The molecule has 1 aliphatic carbocycles. The van der Waals surface area contributed by atoms with E-state index in [1.54, 1.807) is 0 Å². The summed E-state index contributed by atoms with van der Waals surface area (Å²) < 4.78 is 0. The summed E-state index contributed by atoms with van der Waals surface area (Å²) >= 11 is 0. The van der Waals surface area contributed by atoms with Gasteiger partial charge in [0.25, 0.3) is 0 Å². The van der Waals surface area contributed by atoms with Crippen LogP contribution in [0.25, 0.3) is 0 Å². The number of nitrogens with one attached hydrogen (secondary N) is 1. The van der Waals surface area contributed by atoms with Gasteiger partial charge in [0.15, 0.2) is 5.96 Å². The van der Waals surface area contributed by atoms with Crippen molar-refractivity contribution in [2.24, 2.45) is 16.6 Å². The Morgan fingerprint density at radius 2 is 2.06 bits per heavy atom. The van der Waals surface area contributed by atoms with Crippen LogP contribution < -0.4 is 11.1 Å². The highest BCUT2D eigenvalue weighted by molar-refractivity contribution is 5.77. The zero-order valence-corrected chi connectivity index (χ0v) is 10.5. The Kier molecular flexibility index (Phi) is 5.98. The summed E-state index contributed by atoms with van der Waals surface area (Å²) in [5.74, 6) is 1.45. The van der Waals surface area contributed by atoms with E-state index in [9.17, 15) is 0 Å². The largest absolute Gasteiger partial charge is 0.370 e. The number of nitrogens with zero attached hydrogens (tertiary/aromatic N) is 1. The highest BCUT2D eigenvalue weighted by atomic mass is 15.1. The number of aliphatic imine (C=N–C) groups is 1. The maximum atomic E-state index is 5.74. The fraction of sp³-hybridized carbons (Fsp3) is 0.769. The molecule has 1 aliphatic rings. The van der Waals surface area contributed by atoms with E-state index < -0.39 is 0 Å².